The second-order valence-corrected chi connectivity index (χ2v) is 3.89. The molecule has 0 saturated carbocycles. The highest BCUT2D eigenvalue weighted by Crippen LogP contribution is 2.19. The van der Waals surface area contributed by atoms with Crippen LogP contribution in [0.2, 0.25) is 0 Å². The summed E-state index contributed by atoms with van der Waals surface area (Å²) in [6, 6.07) is 1.39. The lowest BCUT2D eigenvalue weighted by Crippen LogP contribution is -2.29. The van der Waals surface area contributed by atoms with Gasteiger partial charge >= 0.3 is 6.18 Å². The van der Waals surface area contributed by atoms with Gasteiger partial charge in [0.25, 0.3) is 0 Å². The summed E-state index contributed by atoms with van der Waals surface area (Å²) in [5.41, 5.74) is 0. The Bertz CT molecular complexity index is 386. The third kappa shape index (κ3) is 6.23. The van der Waals surface area contributed by atoms with Crippen LogP contribution in [0, 0.1) is 0 Å². The molecule has 1 aromatic heterocycles. The summed E-state index contributed by atoms with van der Waals surface area (Å²) in [6.07, 6.45) is -3.19. The van der Waals surface area contributed by atoms with Crippen molar-refractivity contribution in [2.75, 3.05) is 38.2 Å². The molecule has 0 atom stereocenters. The van der Waals surface area contributed by atoms with E-state index in [9.17, 15) is 13.2 Å². The molecule has 0 amide bonds. The van der Waals surface area contributed by atoms with E-state index in [0.717, 1.165) is 13.1 Å². The third-order valence-electron chi connectivity index (χ3n) is 2.28. The van der Waals surface area contributed by atoms with E-state index in [-0.39, 0.29) is 5.88 Å². The van der Waals surface area contributed by atoms with Crippen molar-refractivity contribution < 1.29 is 17.9 Å². The molecule has 1 N–H and O–H groups in total. The number of hydrogen-bond donors (Lipinski definition) is 1. The van der Waals surface area contributed by atoms with E-state index < -0.39 is 12.8 Å². The minimum Gasteiger partial charge on any atom is -0.468 e. The number of aromatic nitrogens is 2. The van der Waals surface area contributed by atoms with Crippen LogP contribution in [0.4, 0.5) is 19.0 Å². The van der Waals surface area contributed by atoms with Crippen molar-refractivity contribution in [2.24, 2.45) is 0 Å². The van der Waals surface area contributed by atoms with Crippen LogP contribution in [0.5, 0.6) is 5.88 Å². The lowest BCUT2D eigenvalue weighted by Gasteiger charge is -2.18. The molecule has 1 aromatic rings. The molecular formula is C11H17F3N4O. The van der Waals surface area contributed by atoms with Crippen molar-refractivity contribution in [3.05, 3.63) is 12.4 Å². The fourth-order valence-electron chi connectivity index (χ4n) is 1.31. The molecule has 0 fully saturated rings. The van der Waals surface area contributed by atoms with Gasteiger partial charge < -0.3 is 15.0 Å². The number of anilines is 1. The van der Waals surface area contributed by atoms with E-state index in [2.05, 4.69) is 20.0 Å². The SMILES string of the molecule is CCNCCN(C)c1cc(OCC(F)(F)F)ncn1. The maximum atomic E-state index is 12.0. The minimum absolute atomic E-state index is 0.0855. The van der Waals surface area contributed by atoms with Crippen LogP contribution in [0.3, 0.4) is 0 Å². The summed E-state index contributed by atoms with van der Waals surface area (Å²) >= 11 is 0. The van der Waals surface area contributed by atoms with Crippen LogP contribution in [-0.4, -0.2) is 49.4 Å². The lowest BCUT2D eigenvalue weighted by molar-refractivity contribution is -0.154. The predicted molar refractivity (Wildman–Crippen MR) is 65.4 cm³/mol. The smallest absolute Gasteiger partial charge is 0.422 e. The van der Waals surface area contributed by atoms with Crippen LogP contribution in [0.15, 0.2) is 12.4 Å². The van der Waals surface area contributed by atoms with E-state index in [1.165, 1.54) is 12.4 Å². The Morgan fingerprint density at radius 2 is 2.11 bits per heavy atom. The molecule has 0 aromatic carbocycles. The first kappa shape index (κ1) is 15.5. The number of alkyl halides is 3. The maximum absolute atomic E-state index is 12.0. The first-order valence-electron chi connectivity index (χ1n) is 5.86. The van der Waals surface area contributed by atoms with Crippen molar-refractivity contribution in [2.45, 2.75) is 13.1 Å². The summed E-state index contributed by atoms with van der Waals surface area (Å²) in [4.78, 5) is 9.44. The fraction of sp³-hybridized carbons (Fsp3) is 0.636. The van der Waals surface area contributed by atoms with Gasteiger partial charge in [0.1, 0.15) is 12.1 Å². The highest BCUT2D eigenvalue weighted by Gasteiger charge is 2.28. The molecule has 0 spiro atoms. The van der Waals surface area contributed by atoms with E-state index in [0.29, 0.717) is 12.4 Å². The summed E-state index contributed by atoms with van der Waals surface area (Å²) in [6.45, 7) is 2.94. The molecule has 108 valence electrons. The zero-order valence-corrected chi connectivity index (χ0v) is 10.9. The van der Waals surface area contributed by atoms with Crippen molar-refractivity contribution in [1.29, 1.82) is 0 Å². The van der Waals surface area contributed by atoms with Gasteiger partial charge in [-0.25, -0.2) is 9.97 Å². The van der Waals surface area contributed by atoms with Gasteiger partial charge in [0.05, 0.1) is 0 Å². The van der Waals surface area contributed by atoms with Crippen molar-refractivity contribution in [1.82, 2.24) is 15.3 Å². The fourth-order valence-corrected chi connectivity index (χ4v) is 1.31. The average molecular weight is 278 g/mol. The van der Waals surface area contributed by atoms with Crippen molar-refractivity contribution >= 4 is 5.82 Å². The zero-order chi connectivity index (χ0) is 14.3. The highest BCUT2D eigenvalue weighted by atomic mass is 19.4. The Morgan fingerprint density at radius 1 is 1.37 bits per heavy atom. The normalized spacial score (nSPS) is 11.4. The summed E-state index contributed by atoms with van der Waals surface area (Å²) in [5, 5.41) is 3.14. The standard InChI is InChI=1S/C11H17F3N4O/c1-3-15-4-5-18(2)9-6-10(17-8-16-9)19-7-11(12,13)14/h6,8,15H,3-5,7H2,1-2H3. The molecule has 0 bridgehead atoms. The Morgan fingerprint density at radius 3 is 2.74 bits per heavy atom. The van der Waals surface area contributed by atoms with Gasteiger partial charge in [0, 0.05) is 26.2 Å². The summed E-state index contributed by atoms with van der Waals surface area (Å²) < 4.78 is 40.6. The second-order valence-electron chi connectivity index (χ2n) is 3.89. The molecule has 0 aliphatic carbocycles. The van der Waals surface area contributed by atoms with Gasteiger partial charge in [-0.1, -0.05) is 6.92 Å². The van der Waals surface area contributed by atoms with E-state index in [1.807, 2.05) is 11.8 Å². The van der Waals surface area contributed by atoms with Gasteiger partial charge in [-0.3, -0.25) is 0 Å². The molecule has 5 nitrogen and oxygen atoms in total. The first-order valence-corrected chi connectivity index (χ1v) is 5.86. The first-order chi connectivity index (χ1) is 8.92. The Balaban J connectivity index is 2.56. The molecule has 8 heteroatoms. The van der Waals surface area contributed by atoms with Gasteiger partial charge in [-0.15, -0.1) is 0 Å². The van der Waals surface area contributed by atoms with Crippen molar-refractivity contribution in [3.63, 3.8) is 0 Å². The van der Waals surface area contributed by atoms with E-state index in [4.69, 9.17) is 0 Å². The Kier molecular flexibility index (Phi) is 5.81. The van der Waals surface area contributed by atoms with Crippen LogP contribution in [0.1, 0.15) is 6.92 Å². The number of hydrogen-bond acceptors (Lipinski definition) is 5. The average Bonchev–Trinajstić information content (AvgIpc) is 2.36. The molecule has 0 radical (unpaired) electrons. The van der Waals surface area contributed by atoms with Crippen molar-refractivity contribution in [3.8, 4) is 5.88 Å². The molecule has 0 aliphatic heterocycles. The van der Waals surface area contributed by atoms with Crippen LogP contribution >= 0.6 is 0 Å². The quantitative estimate of drug-likeness (QED) is 0.765. The maximum Gasteiger partial charge on any atom is 0.422 e. The van der Waals surface area contributed by atoms with Gasteiger partial charge in [-0.05, 0) is 6.54 Å². The molecule has 19 heavy (non-hydrogen) atoms. The predicted octanol–water partition coefficient (Wildman–Crippen LogP) is 1.46. The number of rotatable bonds is 7. The zero-order valence-electron chi connectivity index (χ0n) is 10.9. The van der Waals surface area contributed by atoms with Crippen LogP contribution < -0.4 is 15.0 Å². The third-order valence-corrected chi connectivity index (χ3v) is 2.28. The number of nitrogens with one attached hydrogen (secondary N) is 1. The number of nitrogens with zero attached hydrogens (tertiary/aromatic N) is 3. The molecule has 0 unspecified atom stereocenters. The Labute approximate surface area is 109 Å². The minimum atomic E-state index is -4.37. The van der Waals surface area contributed by atoms with E-state index >= 15 is 0 Å². The molecule has 1 rings (SSSR count). The van der Waals surface area contributed by atoms with E-state index in [1.54, 1.807) is 7.05 Å². The topological polar surface area (TPSA) is 50.3 Å². The van der Waals surface area contributed by atoms with Crippen LogP contribution in [-0.2, 0) is 0 Å². The lowest BCUT2D eigenvalue weighted by atomic mass is 10.4. The van der Waals surface area contributed by atoms with Gasteiger partial charge in [-0.2, -0.15) is 13.2 Å². The van der Waals surface area contributed by atoms with Crippen LogP contribution in [0.25, 0.3) is 0 Å². The molecule has 1 heterocycles. The number of likely N-dealkylation sites (N-methyl/N-ethyl adjacent to an activating group) is 2. The number of halogens is 3. The van der Waals surface area contributed by atoms with Gasteiger partial charge in [0.2, 0.25) is 5.88 Å². The van der Waals surface area contributed by atoms with Gasteiger partial charge in [0.15, 0.2) is 6.61 Å². The highest BCUT2D eigenvalue weighted by molar-refractivity contribution is 5.39. The number of ether oxygens (including phenoxy) is 1. The molecule has 0 saturated heterocycles. The molecular weight excluding hydrogens is 261 g/mol. The Hall–Kier alpha value is -1.57. The molecule has 0 aliphatic rings. The second kappa shape index (κ2) is 7.13. The summed E-state index contributed by atoms with van der Waals surface area (Å²) in [7, 11) is 1.80. The summed E-state index contributed by atoms with van der Waals surface area (Å²) in [5.74, 6) is 0.433. The largest absolute Gasteiger partial charge is 0.468 e. The monoisotopic (exact) mass is 278 g/mol.